The normalized spacial score (nSPS) is 21.0. The molecule has 0 amide bonds. The summed E-state index contributed by atoms with van der Waals surface area (Å²) in [5.41, 5.74) is 1.17. The molecule has 130 valence electrons. The Labute approximate surface area is 146 Å². The van der Waals surface area contributed by atoms with Gasteiger partial charge in [-0.05, 0) is 12.0 Å². The number of nitrogens with one attached hydrogen (secondary N) is 1. The zero-order valence-corrected chi connectivity index (χ0v) is 14.1. The Morgan fingerprint density at radius 1 is 1.32 bits per heavy atom. The number of nitrogens with zero attached hydrogens (tertiary/aromatic N) is 4. The summed E-state index contributed by atoms with van der Waals surface area (Å²) < 4.78 is 11.0. The summed E-state index contributed by atoms with van der Waals surface area (Å²) in [6.45, 7) is 1.41. The van der Waals surface area contributed by atoms with E-state index in [2.05, 4.69) is 37.1 Å². The van der Waals surface area contributed by atoms with Crippen LogP contribution < -0.4 is 0 Å². The van der Waals surface area contributed by atoms with Crippen molar-refractivity contribution in [2.75, 3.05) is 13.7 Å². The molecule has 7 nitrogen and oxygen atoms in total. The lowest BCUT2D eigenvalue weighted by molar-refractivity contribution is 0.105. The van der Waals surface area contributed by atoms with Crippen molar-refractivity contribution in [3.8, 4) is 0 Å². The minimum Gasteiger partial charge on any atom is -0.380 e. The fraction of sp³-hybridized carbons (Fsp3) is 0.389. The molecule has 1 fully saturated rings. The number of aromatic amines is 1. The van der Waals surface area contributed by atoms with Gasteiger partial charge in [0, 0.05) is 32.5 Å². The lowest BCUT2D eigenvalue weighted by Gasteiger charge is -2.20. The van der Waals surface area contributed by atoms with Gasteiger partial charge >= 0.3 is 0 Å². The highest BCUT2D eigenvalue weighted by molar-refractivity contribution is 5.18. The van der Waals surface area contributed by atoms with E-state index in [1.54, 1.807) is 13.3 Å². The number of rotatable bonds is 6. The zero-order chi connectivity index (χ0) is 17.1. The summed E-state index contributed by atoms with van der Waals surface area (Å²) in [6, 6.07) is 10.3. The Bertz CT molecular complexity index is 787. The third-order valence-corrected chi connectivity index (χ3v) is 4.59. The summed E-state index contributed by atoms with van der Waals surface area (Å²) in [5.74, 6) is 2.28. The standard InChI is InChI=1S/C18H21N5O2/c1-24-14-10-15(18-19-7-8-20-18)23(11-14)12-17-21-16(22-25-17)9-13-5-3-2-4-6-13/h2-8,14-15H,9-12H2,1H3,(H,19,20)/t14-,15?/m1/s1. The monoisotopic (exact) mass is 339 g/mol. The van der Waals surface area contributed by atoms with E-state index >= 15 is 0 Å². The first-order valence-electron chi connectivity index (χ1n) is 8.43. The van der Waals surface area contributed by atoms with E-state index in [0.717, 1.165) is 18.8 Å². The highest BCUT2D eigenvalue weighted by Crippen LogP contribution is 2.32. The van der Waals surface area contributed by atoms with Gasteiger partial charge in [-0.1, -0.05) is 35.5 Å². The fourth-order valence-corrected chi connectivity index (χ4v) is 3.33. The molecule has 0 aliphatic carbocycles. The first-order chi connectivity index (χ1) is 12.3. The topological polar surface area (TPSA) is 80.1 Å². The van der Waals surface area contributed by atoms with Crippen LogP contribution in [0.3, 0.4) is 0 Å². The third kappa shape index (κ3) is 3.62. The Morgan fingerprint density at radius 3 is 2.96 bits per heavy atom. The molecule has 0 radical (unpaired) electrons. The minimum absolute atomic E-state index is 0.171. The molecule has 3 aromatic rings. The summed E-state index contributed by atoms with van der Waals surface area (Å²) in [5, 5.41) is 4.11. The number of H-pyrrole nitrogens is 1. The fourth-order valence-electron chi connectivity index (χ4n) is 3.33. The molecule has 3 heterocycles. The van der Waals surface area contributed by atoms with Crippen LogP contribution in [0.4, 0.5) is 0 Å². The van der Waals surface area contributed by atoms with Crippen molar-refractivity contribution < 1.29 is 9.26 Å². The molecule has 1 aliphatic rings. The van der Waals surface area contributed by atoms with Gasteiger partial charge in [-0.15, -0.1) is 0 Å². The molecule has 1 unspecified atom stereocenters. The maximum absolute atomic E-state index is 5.54. The lowest BCUT2D eigenvalue weighted by atomic mass is 10.1. The molecule has 0 bridgehead atoms. The highest BCUT2D eigenvalue weighted by Gasteiger charge is 2.35. The van der Waals surface area contributed by atoms with Crippen LogP contribution in [-0.4, -0.2) is 44.8 Å². The summed E-state index contributed by atoms with van der Waals surface area (Å²) in [7, 11) is 1.75. The van der Waals surface area contributed by atoms with Gasteiger partial charge in [-0.25, -0.2) is 4.98 Å². The predicted octanol–water partition coefficient (Wildman–Crippen LogP) is 2.35. The van der Waals surface area contributed by atoms with Crippen molar-refractivity contribution in [1.29, 1.82) is 0 Å². The maximum Gasteiger partial charge on any atom is 0.240 e. The minimum atomic E-state index is 0.171. The first kappa shape index (κ1) is 16.0. The van der Waals surface area contributed by atoms with Gasteiger partial charge in [-0.2, -0.15) is 4.98 Å². The third-order valence-electron chi connectivity index (χ3n) is 4.59. The first-order valence-corrected chi connectivity index (χ1v) is 8.43. The number of hydrogen-bond acceptors (Lipinski definition) is 6. The Kier molecular flexibility index (Phi) is 4.58. The zero-order valence-electron chi connectivity index (χ0n) is 14.1. The van der Waals surface area contributed by atoms with Crippen molar-refractivity contribution >= 4 is 0 Å². The number of imidazole rings is 1. The average molecular weight is 339 g/mol. The van der Waals surface area contributed by atoms with E-state index in [1.807, 2.05) is 24.4 Å². The van der Waals surface area contributed by atoms with Crippen LogP contribution in [0, 0.1) is 0 Å². The molecule has 0 saturated carbocycles. The van der Waals surface area contributed by atoms with E-state index in [1.165, 1.54) is 5.56 Å². The predicted molar refractivity (Wildman–Crippen MR) is 90.7 cm³/mol. The number of methoxy groups -OCH3 is 1. The van der Waals surface area contributed by atoms with E-state index in [0.29, 0.717) is 24.7 Å². The summed E-state index contributed by atoms with van der Waals surface area (Å²) in [4.78, 5) is 14.4. The van der Waals surface area contributed by atoms with Gasteiger partial charge in [0.1, 0.15) is 5.82 Å². The second-order valence-electron chi connectivity index (χ2n) is 6.28. The lowest BCUT2D eigenvalue weighted by Crippen LogP contribution is -2.25. The SMILES string of the molecule is CO[C@@H]1CC(c2ncc[nH]2)N(Cc2nc(Cc3ccccc3)no2)C1. The molecule has 7 heteroatoms. The molecule has 0 spiro atoms. The Balaban J connectivity index is 1.45. The Hall–Kier alpha value is -2.51. The molecular weight excluding hydrogens is 318 g/mol. The smallest absolute Gasteiger partial charge is 0.240 e. The van der Waals surface area contributed by atoms with Crippen molar-refractivity contribution in [2.45, 2.75) is 31.5 Å². The average Bonchev–Trinajstić information content (AvgIpc) is 3.37. The van der Waals surface area contributed by atoms with Crippen LogP contribution in [0.5, 0.6) is 0 Å². The number of hydrogen-bond donors (Lipinski definition) is 1. The van der Waals surface area contributed by atoms with Crippen LogP contribution in [0.2, 0.25) is 0 Å². The molecule has 1 aromatic carbocycles. The molecule has 1 saturated heterocycles. The van der Waals surface area contributed by atoms with E-state index < -0.39 is 0 Å². The number of likely N-dealkylation sites (tertiary alicyclic amines) is 1. The molecule has 1 aliphatic heterocycles. The van der Waals surface area contributed by atoms with Crippen LogP contribution in [0.15, 0.2) is 47.2 Å². The van der Waals surface area contributed by atoms with Crippen LogP contribution in [-0.2, 0) is 17.7 Å². The summed E-state index contributed by atoms with van der Waals surface area (Å²) in [6.07, 6.45) is 5.37. The largest absolute Gasteiger partial charge is 0.380 e. The molecule has 2 aromatic heterocycles. The van der Waals surface area contributed by atoms with Gasteiger partial charge in [-0.3, -0.25) is 4.90 Å². The summed E-state index contributed by atoms with van der Waals surface area (Å²) >= 11 is 0. The van der Waals surface area contributed by atoms with Gasteiger partial charge in [0.05, 0.1) is 18.7 Å². The van der Waals surface area contributed by atoms with Crippen LogP contribution in [0.25, 0.3) is 0 Å². The molecular formula is C18H21N5O2. The number of ether oxygens (including phenoxy) is 1. The molecule has 25 heavy (non-hydrogen) atoms. The quantitative estimate of drug-likeness (QED) is 0.742. The van der Waals surface area contributed by atoms with Crippen molar-refractivity contribution in [2.24, 2.45) is 0 Å². The van der Waals surface area contributed by atoms with Crippen molar-refractivity contribution in [3.63, 3.8) is 0 Å². The van der Waals surface area contributed by atoms with Gasteiger partial charge in [0.2, 0.25) is 5.89 Å². The second kappa shape index (κ2) is 7.16. The van der Waals surface area contributed by atoms with Crippen molar-refractivity contribution in [3.05, 3.63) is 65.8 Å². The number of benzene rings is 1. The Morgan fingerprint density at radius 2 is 2.20 bits per heavy atom. The van der Waals surface area contributed by atoms with Gasteiger partial charge < -0.3 is 14.2 Å². The number of aromatic nitrogens is 4. The van der Waals surface area contributed by atoms with Gasteiger partial charge in [0.15, 0.2) is 5.82 Å². The second-order valence-corrected chi connectivity index (χ2v) is 6.28. The highest BCUT2D eigenvalue weighted by atomic mass is 16.5. The molecule has 4 rings (SSSR count). The van der Waals surface area contributed by atoms with E-state index in [-0.39, 0.29) is 12.1 Å². The van der Waals surface area contributed by atoms with E-state index in [9.17, 15) is 0 Å². The van der Waals surface area contributed by atoms with Gasteiger partial charge in [0.25, 0.3) is 0 Å². The maximum atomic E-state index is 5.54. The van der Waals surface area contributed by atoms with Crippen LogP contribution in [0.1, 0.15) is 35.6 Å². The van der Waals surface area contributed by atoms with Crippen LogP contribution >= 0.6 is 0 Å². The molecule has 1 N–H and O–H groups in total. The van der Waals surface area contributed by atoms with E-state index in [4.69, 9.17) is 9.26 Å². The van der Waals surface area contributed by atoms with Crippen molar-refractivity contribution in [1.82, 2.24) is 25.0 Å². The molecule has 2 atom stereocenters.